The zero-order valence-electron chi connectivity index (χ0n) is 8.53. The van der Waals surface area contributed by atoms with Crippen molar-refractivity contribution in [2.24, 2.45) is 0 Å². The molecule has 0 aromatic carbocycles. The van der Waals surface area contributed by atoms with E-state index < -0.39 is 18.4 Å². The zero-order chi connectivity index (χ0) is 11.0. The van der Waals surface area contributed by atoms with Gasteiger partial charge >= 0.3 is 75.1 Å². The fraction of sp³-hybridized carbons (Fsp3) is 0.778. The first-order chi connectivity index (χ1) is 6.52. The number of hydrogen-bond donors (Lipinski definition) is 2. The Morgan fingerprint density at radius 1 is 1.07 bits per heavy atom. The Balaban J connectivity index is 0.000000241. The molecule has 1 aliphatic carbocycles. The first-order valence-corrected chi connectivity index (χ1v) is 6.11. The van der Waals surface area contributed by atoms with Crippen molar-refractivity contribution in [1.82, 2.24) is 0 Å². The van der Waals surface area contributed by atoms with Crippen LogP contribution in [0.4, 0.5) is 0 Å². The molecule has 14 heavy (non-hydrogen) atoms. The fourth-order valence-corrected chi connectivity index (χ4v) is 2.25. The van der Waals surface area contributed by atoms with Crippen LogP contribution in [0.2, 0.25) is 3.17 Å². The minimum absolute atomic E-state index is 0.806. The van der Waals surface area contributed by atoms with E-state index in [1.54, 1.807) is 12.8 Å². The second kappa shape index (κ2) is 8.26. The van der Waals surface area contributed by atoms with Crippen LogP contribution in [0.5, 0.6) is 0 Å². The molecule has 5 heteroatoms. The second-order valence-corrected chi connectivity index (χ2v) is 5.34. The number of carbonyl (C=O) groups is 2. The van der Waals surface area contributed by atoms with E-state index in [0.29, 0.717) is 0 Å². The molecule has 0 atom stereocenters. The van der Waals surface area contributed by atoms with Gasteiger partial charge in [-0.1, -0.05) is 0 Å². The van der Waals surface area contributed by atoms with Crippen molar-refractivity contribution in [3.8, 4) is 0 Å². The number of carboxylic acid groups (broad SMARTS) is 2. The van der Waals surface area contributed by atoms with Crippen LogP contribution in [0.1, 0.15) is 38.5 Å². The van der Waals surface area contributed by atoms with Gasteiger partial charge in [0.15, 0.2) is 0 Å². The molecule has 0 bridgehead atoms. The van der Waals surface area contributed by atoms with E-state index in [9.17, 15) is 9.59 Å². The molecular weight excluding hydrogens is 195 g/mol. The van der Waals surface area contributed by atoms with Crippen LogP contribution in [0.3, 0.4) is 0 Å². The summed E-state index contributed by atoms with van der Waals surface area (Å²) < 4.78 is 1.17. The molecule has 0 aromatic heterocycles. The van der Waals surface area contributed by atoms with Gasteiger partial charge in [0.05, 0.1) is 0 Å². The third-order valence-corrected chi connectivity index (χ3v) is 3.35. The van der Waals surface area contributed by atoms with Crippen molar-refractivity contribution in [1.29, 1.82) is 0 Å². The first-order valence-electron chi connectivity index (χ1n) is 4.96. The van der Waals surface area contributed by atoms with Crippen molar-refractivity contribution in [3.63, 3.8) is 0 Å². The summed E-state index contributed by atoms with van der Waals surface area (Å²) in [5.41, 5.74) is 0. The third-order valence-electron chi connectivity index (χ3n) is 2.20. The molecule has 1 saturated carbocycles. The van der Waals surface area contributed by atoms with E-state index in [1.807, 2.05) is 0 Å². The van der Waals surface area contributed by atoms with Crippen molar-refractivity contribution in [3.05, 3.63) is 0 Å². The molecule has 0 radical (unpaired) electrons. The maximum atomic E-state index is 9.43. The Bertz CT molecular complexity index is 175. The van der Waals surface area contributed by atoms with Crippen LogP contribution in [0, 0.1) is 0 Å². The molecule has 0 amide bonds. The molecule has 76 valence electrons. The number of hydrogen-bond acceptors (Lipinski definition) is 2. The predicted molar refractivity (Wildman–Crippen MR) is 52.5 cm³/mol. The van der Waals surface area contributed by atoms with Gasteiger partial charge in [-0.25, -0.2) is 0 Å². The summed E-state index contributed by atoms with van der Waals surface area (Å²) >= 11 is 1.45. The molecule has 0 heterocycles. The van der Waals surface area contributed by atoms with Crippen LogP contribution in [-0.4, -0.2) is 50.1 Å². The Kier molecular flexibility index (Phi) is 8.23. The van der Waals surface area contributed by atoms with Gasteiger partial charge in [0.2, 0.25) is 0 Å². The van der Waals surface area contributed by atoms with Crippen molar-refractivity contribution < 1.29 is 19.8 Å². The second-order valence-electron chi connectivity index (χ2n) is 3.71. The predicted octanol–water partition coefficient (Wildman–Crippen LogP) is 1.45. The van der Waals surface area contributed by atoms with Gasteiger partial charge in [-0.15, -0.1) is 0 Å². The van der Waals surface area contributed by atoms with Crippen molar-refractivity contribution in [2.75, 3.05) is 0 Å². The molecular formula is C9H15NaO4. The van der Waals surface area contributed by atoms with Crippen molar-refractivity contribution in [2.45, 2.75) is 41.7 Å². The van der Waals surface area contributed by atoms with Gasteiger partial charge in [-0.3, -0.25) is 9.59 Å². The summed E-state index contributed by atoms with van der Waals surface area (Å²) in [5.74, 6) is -2.62. The van der Waals surface area contributed by atoms with E-state index >= 15 is 0 Å². The monoisotopic (exact) mass is 210 g/mol. The van der Waals surface area contributed by atoms with E-state index in [1.165, 1.54) is 50.4 Å². The summed E-state index contributed by atoms with van der Waals surface area (Å²) in [6, 6.07) is 0. The normalized spacial score (nSPS) is 16.7. The van der Waals surface area contributed by atoms with Crippen LogP contribution in [0.25, 0.3) is 0 Å². The zero-order valence-corrected chi connectivity index (χ0v) is 10.5. The van der Waals surface area contributed by atoms with Crippen LogP contribution < -0.4 is 0 Å². The van der Waals surface area contributed by atoms with Crippen LogP contribution >= 0.6 is 0 Å². The number of aliphatic carboxylic acids is 2. The van der Waals surface area contributed by atoms with Gasteiger partial charge in [0.1, 0.15) is 6.42 Å². The van der Waals surface area contributed by atoms with E-state index in [2.05, 4.69) is 0 Å². The Hall–Kier alpha value is -0.0600. The van der Waals surface area contributed by atoms with Gasteiger partial charge in [0.25, 0.3) is 0 Å². The van der Waals surface area contributed by atoms with Gasteiger partial charge in [0, 0.05) is 0 Å². The summed E-state index contributed by atoms with van der Waals surface area (Å²) in [6.45, 7) is 0. The van der Waals surface area contributed by atoms with E-state index in [4.69, 9.17) is 10.2 Å². The minimum atomic E-state index is -1.31. The van der Waals surface area contributed by atoms with Crippen LogP contribution in [0.15, 0.2) is 0 Å². The number of rotatable bonds is 2. The van der Waals surface area contributed by atoms with Crippen LogP contribution in [-0.2, 0) is 9.59 Å². The van der Waals surface area contributed by atoms with Gasteiger partial charge in [-0.2, -0.15) is 0 Å². The maximum absolute atomic E-state index is 9.43. The molecule has 2 N–H and O–H groups in total. The molecule has 0 spiro atoms. The standard InChI is InChI=1S/C6H11.C3H4O4.Na/c1-2-4-6-5-3-1;4-2(5)1-3(6)7;/h1H,2-6H2;1H2,(H,4,5)(H,6,7);. The fourth-order valence-electron chi connectivity index (χ4n) is 1.44. The molecule has 1 aliphatic rings. The van der Waals surface area contributed by atoms with Gasteiger partial charge < -0.3 is 10.2 Å². The molecule has 1 fully saturated rings. The first kappa shape index (κ1) is 13.9. The SMILES string of the molecule is O=C(O)CC(=O)O.[Na][CH]1CCCCC1. The quantitative estimate of drug-likeness (QED) is 0.534. The Labute approximate surface area is 101 Å². The van der Waals surface area contributed by atoms with E-state index in [-0.39, 0.29) is 0 Å². The molecule has 0 saturated heterocycles. The Morgan fingerprint density at radius 3 is 1.64 bits per heavy atom. The summed E-state index contributed by atoms with van der Waals surface area (Å²) in [4.78, 5) is 18.9. The Morgan fingerprint density at radius 2 is 1.50 bits per heavy atom. The molecule has 0 aromatic rings. The summed E-state index contributed by atoms with van der Waals surface area (Å²) in [6.07, 6.45) is 6.85. The summed E-state index contributed by atoms with van der Waals surface area (Å²) in [5, 5.41) is 15.4. The third kappa shape index (κ3) is 10.0. The average molecular weight is 210 g/mol. The summed E-state index contributed by atoms with van der Waals surface area (Å²) in [7, 11) is 0. The average Bonchev–Trinajstić information content (AvgIpc) is 2.03. The van der Waals surface area contributed by atoms with E-state index in [0.717, 1.165) is 0 Å². The van der Waals surface area contributed by atoms with Crippen molar-refractivity contribution >= 4 is 39.9 Å². The molecule has 0 aliphatic heterocycles. The molecule has 1 rings (SSSR count). The molecule has 0 unspecified atom stereocenters. The number of carboxylic acids is 2. The molecule has 4 nitrogen and oxygen atoms in total. The van der Waals surface area contributed by atoms with Gasteiger partial charge in [-0.05, 0) is 0 Å². The topological polar surface area (TPSA) is 74.6 Å².